The molecular weight excluding hydrogens is 318 g/mol. The summed E-state index contributed by atoms with van der Waals surface area (Å²) in [4.78, 5) is 12.6. The molecule has 0 aliphatic heterocycles. The number of halogens is 1. The lowest BCUT2D eigenvalue weighted by Gasteiger charge is -2.13. The highest BCUT2D eigenvalue weighted by Gasteiger charge is 2.03. The van der Waals surface area contributed by atoms with Crippen molar-refractivity contribution in [2.24, 2.45) is 0 Å². The number of carbonyl (C=O) groups is 1. The number of hydrogen-bond acceptors (Lipinski definition) is 2. The Balaban J connectivity index is 0. The van der Waals surface area contributed by atoms with Gasteiger partial charge in [-0.25, -0.2) is 4.79 Å². The summed E-state index contributed by atoms with van der Waals surface area (Å²) < 4.78 is 0. The van der Waals surface area contributed by atoms with Crippen molar-refractivity contribution >= 4 is 21.9 Å². The van der Waals surface area contributed by atoms with E-state index in [9.17, 15) is 4.79 Å². The number of aliphatic carboxylic acids is 1. The second kappa shape index (κ2) is 15.0. The zero-order valence-electron chi connectivity index (χ0n) is 13.6. The van der Waals surface area contributed by atoms with Crippen LogP contribution in [0.3, 0.4) is 0 Å². The predicted molar refractivity (Wildman–Crippen MR) is 91.7 cm³/mol. The standard InChI is InChI=1S/C12H26BrN.C4H6O2/c1-4-5-6-7-8-9-12(13)10-11-14(2)3;1-3(2)4(5)6/h12H,4-11H2,1-3H3;1H2,2H3,(H,5,6). The molecule has 1 atom stereocenters. The van der Waals surface area contributed by atoms with E-state index in [1.165, 1.54) is 58.4 Å². The van der Waals surface area contributed by atoms with Gasteiger partial charge < -0.3 is 10.0 Å². The first-order valence-corrected chi connectivity index (χ1v) is 8.40. The number of carboxylic acid groups (broad SMARTS) is 1. The minimum atomic E-state index is -0.935. The lowest BCUT2D eigenvalue weighted by molar-refractivity contribution is -0.132. The Morgan fingerprint density at radius 3 is 2.10 bits per heavy atom. The van der Waals surface area contributed by atoms with E-state index >= 15 is 0 Å². The van der Waals surface area contributed by atoms with E-state index in [1.54, 1.807) is 0 Å². The van der Waals surface area contributed by atoms with E-state index in [0.29, 0.717) is 0 Å². The third kappa shape index (κ3) is 20.0. The Labute approximate surface area is 133 Å². The van der Waals surface area contributed by atoms with Gasteiger partial charge >= 0.3 is 5.97 Å². The fraction of sp³-hybridized carbons (Fsp3) is 0.812. The van der Waals surface area contributed by atoms with Gasteiger partial charge in [0.15, 0.2) is 0 Å². The normalized spacial score (nSPS) is 11.7. The summed E-state index contributed by atoms with van der Waals surface area (Å²) >= 11 is 3.75. The van der Waals surface area contributed by atoms with Crippen LogP contribution >= 0.6 is 15.9 Å². The maximum Gasteiger partial charge on any atom is 0.330 e. The van der Waals surface area contributed by atoms with Crippen LogP contribution in [0.25, 0.3) is 0 Å². The second-order valence-electron chi connectivity index (χ2n) is 5.48. The van der Waals surface area contributed by atoms with Crippen molar-refractivity contribution in [1.29, 1.82) is 0 Å². The van der Waals surface area contributed by atoms with E-state index < -0.39 is 5.97 Å². The van der Waals surface area contributed by atoms with E-state index in [1.807, 2.05) is 0 Å². The van der Waals surface area contributed by atoms with E-state index in [0.717, 1.165) is 4.83 Å². The third-order valence-electron chi connectivity index (χ3n) is 2.88. The first kappa shape index (κ1) is 21.9. The molecule has 0 saturated carbocycles. The van der Waals surface area contributed by atoms with Gasteiger partial charge in [0, 0.05) is 10.4 Å². The summed E-state index contributed by atoms with van der Waals surface area (Å²) in [6, 6.07) is 0. The molecule has 3 nitrogen and oxygen atoms in total. The van der Waals surface area contributed by atoms with Crippen molar-refractivity contribution in [2.75, 3.05) is 20.6 Å². The van der Waals surface area contributed by atoms with Crippen molar-refractivity contribution in [1.82, 2.24) is 4.90 Å². The average Bonchev–Trinajstić information content (AvgIpc) is 2.36. The Kier molecular flexibility index (Phi) is 16.5. The summed E-state index contributed by atoms with van der Waals surface area (Å²) in [5.74, 6) is -0.935. The fourth-order valence-electron chi connectivity index (χ4n) is 1.51. The predicted octanol–water partition coefficient (Wildman–Crippen LogP) is 4.71. The maximum atomic E-state index is 9.60. The van der Waals surface area contributed by atoms with Crippen LogP contribution in [-0.4, -0.2) is 41.4 Å². The Morgan fingerprint density at radius 2 is 1.70 bits per heavy atom. The van der Waals surface area contributed by atoms with E-state index in [-0.39, 0.29) is 5.57 Å². The SMILES string of the molecule is C=C(C)C(=O)O.CCCCCCCC(Br)CCN(C)C. The highest BCUT2D eigenvalue weighted by molar-refractivity contribution is 9.09. The van der Waals surface area contributed by atoms with Gasteiger partial charge in [-0.1, -0.05) is 61.5 Å². The first-order valence-electron chi connectivity index (χ1n) is 7.48. The van der Waals surface area contributed by atoms with Gasteiger partial charge in [-0.3, -0.25) is 0 Å². The summed E-state index contributed by atoms with van der Waals surface area (Å²) in [6.07, 6.45) is 9.60. The van der Waals surface area contributed by atoms with Gasteiger partial charge in [-0.2, -0.15) is 0 Å². The second-order valence-corrected chi connectivity index (χ2v) is 6.77. The molecule has 0 aliphatic carbocycles. The quantitative estimate of drug-likeness (QED) is 0.352. The summed E-state index contributed by atoms with van der Waals surface area (Å²) in [6.45, 7) is 8.07. The lowest BCUT2D eigenvalue weighted by Crippen LogP contribution is -2.16. The molecule has 0 aromatic rings. The molecule has 0 aromatic carbocycles. The number of nitrogens with zero attached hydrogens (tertiary/aromatic N) is 1. The largest absolute Gasteiger partial charge is 0.478 e. The van der Waals surface area contributed by atoms with Crippen molar-refractivity contribution in [3.8, 4) is 0 Å². The average molecular weight is 350 g/mol. The molecule has 1 N–H and O–H groups in total. The molecule has 0 aromatic heterocycles. The summed E-state index contributed by atoms with van der Waals surface area (Å²) in [7, 11) is 4.28. The van der Waals surface area contributed by atoms with Crippen molar-refractivity contribution < 1.29 is 9.90 Å². The topological polar surface area (TPSA) is 40.5 Å². The zero-order chi connectivity index (χ0) is 16.0. The van der Waals surface area contributed by atoms with Gasteiger partial charge in [0.1, 0.15) is 0 Å². The van der Waals surface area contributed by atoms with Crippen LogP contribution in [0.1, 0.15) is 58.8 Å². The molecule has 0 rings (SSSR count). The summed E-state index contributed by atoms with van der Waals surface area (Å²) in [5.41, 5.74) is 0.176. The molecule has 1 unspecified atom stereocenters. The molecule has 0 fully saturated rings. The molecule has 0 heterocycles. The van der Waals surface area contributed by atoms with E-state index in [2.05, 4.69) is 48.4 Å². The van der Waals surface area contributed by atoms with Crippen LogP contribution in [0, 0.1) is 0 Å². The maximum absolute atomic E-state index is 9.60. The third-order valence-corrected chi connectivity index (χ3v) is 3.79. The van der Waals surface area contributed by atoms with Crippen LogP contribution in [0.2, 0.25) is 0 Å². The molecule has 0 radical (unpaired) electrons. The van der Waals surface area contributed by atoms with Crippen LogP contribution in [0.15, 0.2) is 12.2 Å². The number of carboxylic acids is 1. The van der Waals surface area contributed by atoms with Crippen LogP contribution in [0.4, 0.5) is 0 Å². The Bertz CT molecular complexity index is 243. The van der Waals surface area contributed by atoms with Gasteiger partial charge in [-0.15, -0.1) is 0 Å². The van der Waals surface area contributed by atoms with Gasteiger partial charge in [0.25, 0.3) is 0 Å². The van der Waals surface area contributed by atoms with Crippen molar-refractivity contribution in [3.63, 3.8) is 0 Å². The lowest BCUT2D eigenvalue weighted by atomic mass is 10.1. The van der Waals surface area contributed by atoms with Crippen molar-refractivity contribution in [3.05, 3.63) is 12.2 Å². The highest BCUT2D eigenvalue weighted by atomic mass is 79.9. The minimum absolute atomic E-state index is 0.176. The number of alkyl halides is 1. The van der Waals surface area contributed by atoms with Gasteiger partial charge in [0.2, 0.25) is 0 Å². The molecule has 0 bridgehead atoms. The fourth-order valence-corrected chi connectivity index (χ4v) is 2.04. The minimum Gasteiger partial charge on any atom is -0.478 e. The number of unbranched alkanes of at least 4 members (excludes halogenated alkanes) is 4. The smallest absolute Gasteiger partial charge is 0.330 e. The molecule has 20 heavy (non-hydrogen) atoms. The van der Waals surface area contributed by atoms with Crippen molar-refractivity contribution in [2.45, 2.75) is 63.6 Å². The molecule has 0 saturated heterocycles. The number of hydrogen-bond donors (Lipinski definition) is 1. The summed E-state index contributed by atoms with van der Waals surface area (Å²) in [5, 5.41) is 7.89. The monoisotopic (exact) mass is 349 g/mol. The molecule has 4 heteroatoms. The molecule has 0 aliphatic rings. The molecular formula is C16H32BrNO2. The van der Waals surface area contributed by atoms with Gasteiger partial charge in [-0.05, 0) is 40.4 Å². The van der Waals surface area contributed by atoms with Crippen LogP contribution in [-0.2, 0) is 4.79 Å². The zero-order valence-corrected chi connectivity index (χ0v) is 15.2. The van der Waals surface area contributed by atoms with Crippen LogP contribution < -0.4 is 0 Å². The van der Waals surface area contributed by atoms with Crippen LogP contribution in [0.5, 0.6) is 0 Å². The van der Waals surface area contributed by atoms with Gasteiger partial charge in [0.05, 0.1) is 0 Å². The highest BCUT2D eigenvalue weighted by Crippen LogP contribution is 2.15. The molecule has 0 amide bonds. The molecule has 120 valence electrons. The van der Waals surface area contributed by atoms with E-state index in [4.69, 9.17) is 5.11 Å². The number of rotatable bonds is 10. The molecule has 0 spiro atoms. The Hall–Kier alpha value is -0.350. The first-order chi connectivity index (χ1) is 9.31. The Morgan fingerprint density at radius 1 is 1.20 bits per heavy atom.